The molecule has 0 bridgehead atoms. The van der Waals surface area contributed by atoms with Crippen LogP contribution in [0.3, 0.4) is 0 Å². The van der Waals surface area contributed by atoms with Gasteiger partial charge < -0.3 is 9.47 Å². The van der Waals surface area contributed by atoms with E-state index < -0.39 is 5.41 Å². The van der Waals surface area contributed by atoms with E-state index in [1.165, 1.54) is 0 Å². The Kier molecular flexibility index (Phi) is 9.69. The standard InChI is InChI=1S/C17H17NO.C15H13NO/c1-17(2,13-18)15-8-10-16(11-9-15)19-12-14-6-4-3-5-7-14;16-11-10-13-6-8-15(9-7-13)17-12-14-4-2-1-3-5-14/h3-11H,12H2,1-2H3;1-9H,10,12H2. The highest BCUT2D eigenvalue weighted by atomic mass is 16.5. The Morgan fingerprint density at radius 1 is 0.583 bits per heavy atom. The van der Waals surface area contributed by atoms with Gasteiger partial charge in [0.05, 0.1) is 24.0 Å². The fourth-order valence-corrected chi connectivity index (χ4v) is 3.31. The van der Waals surface area contributed by atoms with E-state index in [4.69, 9.17) is 20.0 Å². The van der Waals surface area contributed by atoms with Crippen molar-refractivity contribution in [2.45, 2.75) is 38.9 Å². The molecule has 0 spiro atoms. The van der Waals surface area contributed by atoms with Crippen molar-refractivity contribution in [3.8, 4) is 23.6 Å². The predicted molar refractivity (Wildman–Crippen MR) is 142 cm³/mol. The molecule has 0 aliphatic carbocycles. The van der Waals surface area contributed by atoms with Crippen molar-refractivity contribution in [3.63, 3.8) is 0 Å². The van der Waals surface area contributed by atoms with Crippen LogP contribution in [0.25, 0.3) is 0 Å². The maximum Gasteiger partial charge on any atom is 0.119 e. The first-order valence-corrected chi connectivity index (χ1v) is 11.8. The summed E-state index contributed by atoms with van der Waals surface area (Å²) in [6.45, 7) is 4.94. The summed E-state index contributed by atoms with van der Waals surface area (Å²) in [5.41, 5.74) is 3.84. The lowest BCUT2D eigenvalue weighted by molar-refractivity contribution is 0.306. The zero-order chi connectivity index (χ0) is 25.6. The van der Waals surface area contributed by atoms with Gasteiger partial charge in [-0.2, -0.15) is 10.5 Å². The third-order valence-electron chi connectivity index (χ3n) is 5.56. The van der Waals surface area contributed by atoms with Gasteiger partial charge in [-0.1, -0.05) is 84.9 Å². The normalized spacial score (nSPS) is 10.2. The first kappa shape index (κ1) is 26.1. The molecule has 4 aromatic rings. The van der Waals surface area contributed by atoms with Crippen LogP contribution in [0.5, 0.6) is 11.5 Å². The topological polar surface area (TPSA) is 66.0 Å². The second kappa shape index (κ2) is 13.4. The average molecular weight is 475 g/mol. The van der Waals surface area contributed by atoms with Crippen molar-refractivity contribution in [1.29, 1.82) is 10.5 Å². The van der Waals surface area contributed by atoms with E-state index in [0.717, 1.165) is 33.8 Å². The molecule has 4 aromatic carbocycles. The molecule has 4 nitrogen and oxygen atoms in total. The molecular formula is C32H30N2O2. The first-order valence-electron chi connectivity index (χ1n) is 11.8. The lowest BCUT2D eigenvalue weighted by Gasteiger charge is -2.16. The molecule has 0 fully saturated rings. The van der Waals surface area contributed by atoms with E-state index in [1.54, 1.807) is 0 Å². The van der Waals surface area contributed by atoms with Crippen LogP contribution in [0.2, 0.25) is 0 Å². The number of nitrogens with zero attached hydrogens (tertiary/aromatic N) is 2. The molecule has 0 atom stereocenters. The highest BCUT2D eigenvalue weighted by molar-refractivity contribution is 5.35. The van der Waals surface area contributed by atoms with E-state index in [0.29, 0.717) is 19.6 Å². The predicted octanol–water partition coefficient (Wildman–Crippen LogP) is 7.40. The molecule has 0 saturated heterocycles. The Balaban J connectivity index is 0.000000202. The zero-order valence-corrected chi connectivity index (χ0v) is 20.7. The van der Waals surface area contributed by atoms with Crippen molar-refractivity contribution >= 4 is 0 Å². The maximum atomic E-state index is 9.09. The van der Waals surface area contributed by atoms with E-state index in [1.807, 2.05) is 123 Å². The van der Waals surface area contributed by atoms with Crippen LogP contribution in [0, 0.1) is 22.7 Å². The second-order valence-corrected chi connectivity index (χ2v) is 8.79. The highest BCUT2D eigenvalue weighted by Crippen LogP contribution is 2.24. The zero-order valence-electron chi connectivity index (χ0n) is 20.7. The number of rotatable bonds is 8. The van der Waals surface area contributed by atoms with E-state index in [-0.39, 0.29) is 0 Å². The summed E-state index contributed by atoms with van der Waals surface area (Å²) in [7, 11) is 0. The van der Waals surface area contributed by atoms with Crippen LogP contribution >= 0.6 is 0 Å². The monoisotopic (exact) mass is 474 g/mol. The SMILES string of the molecule is CC(C)(C#N)c1ccc(OCc2ccccc2)cc1.N#CCc1ccc(OCc2ccccc2)cc1. The molecular weight excluding hydrogens is 444 g/mol. The maximum absolute atomic E-state index is 9.09. The van der Waals surface area contributed by atoms with Crippen LogP contribution in [-0.2, 0) is 25.0 Å². The quantitative estimate of drug-likeness (QED) is 0.267. The minimum Gasteiger partial charge on any atom is -0.489 e. The van der Waals surface area contributed by atoms with Crippen LogP contribution in [-0.4, -0.2) is 0 Å². The Morgan fingerprint density at radius 3 is 1.44 bits per heavy atom. The number of nitriles is 2. The third kappa shape index (κ3) is 8.35. The molecule has 0 unspecified atom stereocenters. The average Bonchev–Trinajstić information content (AvgIpc) is 2.93. The fourth-order valence-electron chi connectivity index (χ4n) is 3.31. The number of hydrogen-bond acceptors (Lipinski definition) is 4. The molecule has 4 heteroatoms. The number of hydrogen-bond donors (Lipinski definition) is 0. The van der Waals surface area contributed by atoms with Crippen molar-refractivity contribution in [2.24, 2.45) is 0 Å². The molecule has 0 aromatic heterocycles. The Labute approximate surface area is 214 Å². The molecule has 0 amide bonds. The minimum atomic E-state index is -0.460. The van der Waals surface area contributed by atoms with Crippen LogP contribution < -0.4 is 9.47 Å². The Morgan fingerprint density at radius 2 is 1.03 bits per heavy atom. The Hall–Kier alpha value is -4.54. The van der Waals surface area contributed by atoms with Gasteiger partial charge in [-0.15, -0.1) is 0 Å². The summed E-state index contributed by atoms with van der Waals surface area (Å²) in [6.07, 6.45) is 0.443. The van der Waals surface area contributed by atoms with Gasteiger partial charge in [0.2, 0.25) is 0 Å². The van der Waals surface area contributed by atoms with E-state index in [2.05, 4.69) is 12.1 Å². The van der Waals surface area contributed by atoms with Crippen molar-refractivity contribution in [2.75, 3.05) is 0 Å². The number of ether oxygens (including phenoxy) is 2. The van der Waals surface area contributed by atoms with Crippen LogP contribution in [0.1, 0.15) is 36.1 Å². The molecule has 4 rings (SSSR count). The summed E-state index contributed by atoms with van der Waals surface area (Å²) < 4.78 is 11.4. The molecule has 0 N–H and O–H groups in total. The van der Waals surface area contributed by atoms with E-state index >= 15 is 0 Å². The second-order valence-electron chi connectivity index (χ2n) is 8.79. The molecule has 0 saturated carbocycles. The van der Waals surface area contributed by atoms with Crippen LogP contribution in [0.4, 0.5) is 0 Å². The summed E-state index contributed by atoms with van der Waals surface area (Å²) in [4.78, 5) is 0. The van der Waals surface area contributed by atoms with E-state index in [9.17, 15) is 0 Å². The lowest BCUT2D eigenvalue weighted by Crippen LogP contribution is -2.13. The molecule has 180 valence electrons. The third-order valence-corrected chi connectivity index (χ3v) is 5.56. The summed E-state index contributed by atoms with van der Waals surface area (Å²) in [6, 6.07) is 39.9. The minimum absolute atomic E-state index is 0.443. The Bertz CT molecular complexity index is 1270. The lowest BCUT2D eigenvalue weighted by atomic mass is 9.86. The molecule has 0 radical (unpaired) electrons. The van der Waals surface area contributed by atoms with Gasteiger partial charge in [-0.3, -0.25) is 0 Å². The summed E-state index contributed by atoms with van der Waals surface area (Å²) in [5, 5.41) is 17.6. The van der Waals surface area contributed by atoms with Crippen molar-refractivity contribution in [1.82, 2.24) is 0 Å². The highest BCUT2D eigenvalue weighted by Gasteiger charge is 2.19. The molecule has 36 heavy (non-hydrogen) atoms. The first-order chi connectivity index (χ1) is 17.5. The fraction of sp³-hybridized carbons (Fsp3) is 0.188. The van der Waals surface area contributed by atoms with Gasteiger partial charge in [0, 0.05) is 0 Å². The van der Waals surface area contributed by atoms with Crippen LogP contribution in [0.15, 0.2) is 109 Å². The van der Waals surface area contributed by atoms with Crippen molar-refractivity contribution in [3.05, 3.63) is 131 Å². The summed E-state index contributed by atoms with van der Waals surface area (Å²) in [5.74, 6) is 1.65. The molecule has 0 heterocycles. The van der Waals surface area contributed by atoms with Gasteiger partial charge in [0.15, 0.2) is 0 Å². The number of benzene rings is 4. The smallest absolute Gasteiger partial charge is 0.119 e. The van der Waals surface area contributed by atoms with Gasteiger partial charge in [0.25, 0.3) is 0 Å². The largest absolute Gasteiger partial charge is 0.489 e. The van der Waals surface area contributed by atoms with Gasteiger partial charge in [-0.05, 0) is 60.4 Å². The molecule has 0 aliphatic heterocycles. The van der Waals surface area contributed by atoms with Crippen molar-refractivity contribution < 1.29 is 9.47 Å². The van der Waals surface area contributed by atoms with Gasteiger partial charge in [0.1, 0.15) is 24.7 Å². The van der Waals surface area contributed by atoms with Gasteiger partial charge >= 0.3 is 0 Å². The summed E-state index contributed by atoms with van der Waals surface area (Å²) >= 11 is 0. The van der Waals surface area contributed by atoms with Gasteiger partial charge in [-0.25, -0.2) is 0 Å². The molecule has 0 aliphatic rings.